The SMILES string of the molecule is CCC(C)NCCOCCOCCOCCN(C)C(=O)CS. The van der Waals surface area contributed by atoms with E-state index >= 15 is 0 Å². The molecule has 0 aromatic rings. The molecule has 0 heterocycles. The van der Waals surface area contributed by atoms with E-state index in [4.69, 9.17) is 14.2 Å². The van der Waals surface area contributed by atoms with Crippen molar-refractivity contribution in [3.05, 3.63) is 0 Å². The highest BCUT2D eigenvalue weighted by Gasteiger charge is 2.04. The largest absolute Gasteiger partial charge is 0.378 e. The summed E-state index contributed by atoms with van der Waals surface area (Å²) in [7, 11) is 1.74. The molecule has 0 aromatic carbocycles. The van der Waals surface area contributed by atoms with E-state index in [1.54, 1.807) is 11.9 Å². The first-order chi connectivity index (χ1) is 10.6. The maximum atomic E-state index is 11.2. The molecule has 6 nitrogen and oxygen atoms in total. The van der Waals surface area contributed by atoms with E-state index in [2.05, 4.69) is 31.8 Å². The van der Waals surface area contributed by atoms with Gasteiger partial charge in [0.15, 0.2) is 0 Å². The Morgan fingerprint density at radius 1 is 1.09 bits per heavy atom. The van der Waals surface area contributed by atoms with Gasteiger partial charge in [0.25, 0.3) is 0 Å². The number of hydrogen-bond donors (Lipinski definition) is 2. The highest BCUT2D eigenvalue weighted by Crippen LogP contribution is 1.89. The number of carbonyl (C=O) groups is 1. The molecule has 1 unspecified atom stereocenters. The second kappa shape index (κ2) is 15.6. The lowest BCUT2D eigenvalue weighted by atomic mass is 10.3. The van der Waals surface area contributed by atoms with Gasteiger partial charge < -0.3 is 24.4 Å². The summed E-state index contributed by atoms with van der Waals surface area (Å²) in [5.41, 5.74) is 0. The molecule has 0 radical (unpaired) electrons. The van der Waals surface area contributed by atoms with Gasteiger partial charge in [-0.05, 0) is 13.3 Å². The van der Waals surface area contributed by atoms with Gasteiger partial charge >= 0.3 is 0 Å². The van der Waals surface area contributed by atoms with Crippen LogP contribution in [0.25, 0.3) is 0 Å². The average molecular weight is 336 g/mol. The molecule has 132 valence electrons. The Balaban J connectivity index is 3.16. The predicted molar refractivity (Wildman–Crippen MR) is 91.7 cm³/mol. The van der Waals surface area contributed by atoms with Crippen molar-refractivity contribution in [3.63, 3.8) is 0 Å². The summed E-state index contributed by atoms with van der Waals surface area (Å²) in [6, 6.07) is 0.541. The third-order valence-electron chi connectivity index (χ3n) is 3.23. The molecule has 0 saturated heterocycles. The van der Waals surface area contributed by atoms with Crippen LogP contribution in [0.5, 0.6) is 0 Å². The minimum atomic E-state index is 0.00292. The highest BCUT2D eigenvalue weighted by atomic mass is 32.1. The van der Waals surface area contributed by atoms with E-state index < -0.39 is 0 Å². The van der Waals surface area contributed by atoms with E-state index in [9.17, 15) is 4.79 Å². The fourth-order valence-electron chi connectivity index (χ4n) is 1.51. The predicted octanol–water partition coefficient (Wildman–Crippen LogP) is 0.813. The lowest BCUT2D eigenvalue weighted by molar-refractivity contribution is -0.127. The van der Waals surface area contributed by atoms with E-state index in [1.807, 2.05) is 0 Å². The summed E-state index contributed by atoms with van der Waals surface area (Å²) in [6.07, 6.45) is 1.13. The lowest BCUT2D eigenvalue weighted by Crippen LogP contribution is -2.31. The first-order valence-corrected chi connectivity index (χ1v) is 8.56. The number of nitrogens with zero attached hydrogens (tertiary/aromatic N) is 1. The van der Waals surface area contributed by atoms with Crippen molar-refractivity contribution in [2.45, 2.75) is 26.3 Å². The second-order valence-corrected chi connectivity index (χ2v) is 5.39. The third kappa shape index (κ3) is 13.3. The molecular formula is C15H32N2O4S. The number of thiol groups is 1. The summed E-state index contributed by atoms with van der Waals surface area (Å²) in [5.74, 6) is 0.232. The van der Waals surface area contributed by atoms with Gasteiger partial charge in [-0.25, -0.2) is 0 Å². The van der Waals surface area contributed by atoms with Crippen LogP contribution in [0, 0.1) is 0 Å². The Morgan fingerprint density at radius 2 is 1.64 bits per heavy atom. The monoisotopic (exact) mass is 336 g/mol. The zero-order valence-electron chi connectivity index (χ0n) is 14.2. The molecule has 1 atom stereocenters. The molecule has 0 fully saturated rings. The van der Waals surface area contributed by atoms with Gasteiger partial charge in [0.2, 0.25) is 5.91 Å². The molecule has 1 amide bonds. The maximum absolute atomic E-state index is 11.2. The molecule has 0 rings (SSSR count). The maximum Gasteiger partial charge on any atom is 0.232 e. The lowest BCUT2D eigenvalue weighted by Gasteiger charge is -2.15. The number of hydrogen-bond acceptors (Lipinski definition) is 6. The number of carbonyl (C=O) groups excluding carboxylic acids is 1. The number of ether oxygens (including phenoxy) is 3. The van der Waals surface area contributed by atoms with Crippen molar-refractivity contribution in [2.24, 2.45) is 0 Å². The first kappa shape index (κ1) is 21.7. The van der Waals surface area contributed by atoms with Crippen molar-refractivity contribution in [3.8, 4) is 0 Å². The number of likely N-dealkylation sites (N-methyl/N-ethyl adjacent to an activating group) is 1. The van der Waals surface area contributed by atoms with Gasteiger partial charge in [-0.2, -0.15) is 12.6 Å². The average Bonchev–Trinajstić information content (AvgIpc) is 2.54. The van der Waals surface area contributed by atoms with Gasteiger partial charge in [0, 0.05) is 26.2 Å². The normalized spacial score (nSPS) is 12.4. The van der Waals surface area contributed by atoms with Crippen LogP contribution in [0.3, 0.4) is 0 Å². The quantitative estimate of drug-likeness (QED) is 0.342. The first-order valence-electron chi connectivity index (χ1n) is 7.93. The van der Waals surface area contributed by atoms with E-state index in [0.29, 0.717) is 52.2 Å². The van der Waals surface area contributed by atoms with Gasteiger partial charge in [0.1, 0.15) is 0 Å². The Hall–Kier alpha value is -0.340. The molecule has 0 aliphatic carbocycles. The number of amides is 1. The zero-order chi connectivity index (χ0) is 16.6. The van der Waals surface area contributed by atoms with Gasteiger partial charge in [-0.1, -0.05) is 6.92 Å². The van der Waals surface area contributed by atoms with Gasteiger partial charge in [0.05, 0.1) is 45.4 Å². The Labute approximate surface area is 140 Å². The van der Waals surface area contributed by atoms with Crippen LogP contribution in [0.4, 0.5) is 0 Å². The summed E-state index contributed by atoms with van der Waals surface area (Å²) < 4.78 is 16.2. The summed E-state index contributed by atoms with van der Waals surface area (Å²) in [4.78, 5) is 12.8. The highest BCUT2D eigenvalue weighted by molar-refractivity contribution is 7.81. The van der Waals surface area contributed by atoms with Gasteiger partial charge in [-0.15, -0.1) is 0 Å². The van der Waals surface area contributed by atoms with Crippen molar-refractivity contribution in [1.82, 2.24) is 10.2 Å². The third-order valence-corrected chi connectivity index (χ3v) is 3.50. The van der Waals surface area contributed by atoms with Crippen LogP contribution in [0.15, 0.2) is 0 Å². The summed E-state index contributed by atoms with van der Waals surface area (Å²) in [5, 5.41) is 3.36. The second-order valence-electron chi connectivity index (χ2n) is 5.07. The molecule has 0 spiro atoms. The molecule has 7 heteroatoms. The Kier molecular flexibility index (Phi) is 15.3. The van der Waals surface area contributed by atoms with Crippen LogP contribution in [-0.4, -0.2) is 82.4 Å². The van der Waals surface area contributed by atoms with Crippen LogP contribution in [0.1, 0.15) is 20.3 Å². The fraction of sp³-hybridized carbons (Fsp3) is 0.933. The molecule has 0 aliphatic rings. The van der Waals surface area contributed by atoms with E-state index in [-0.39, 0.29) is 11.7 Å². The molecular weight excluding hydrogens is 304 g/mol. The topological polar surface area (TPSA) is 60.0 Å². The zero-order valence-corrected chi connectivity index (χ0v) is 15.1. The van der Waals surface area contributed by atoms with E-state index in [0.717, 1.165) is 13.0 Å². The Morgan fingerprint density at radius 3 is 2.18 bits per heavy atom. The summed E-state index contributed by atoms with van der Waals surface area (Å²) in [6.45, 7) is 9.22. The van der Waals surface area contributed by atoms with Crippen LogP contribution >= 0.6 is 12.6 Å². The minimum Gasteiger partial charge on any atom is -0.378 e. The van der Waals surface area contributed by atoms with Crippen LogP contribution in [0.2, 0.25) is 0 Å². The van der Waals surface area contributed by atoms with Crippen molar-refractivity contribution >= 4 is 18.5 Å². The van der Waals surface area contributed by atoms with Crippen molar-refractivity contribution in [2.75, 3.05) is 65.5 Å². The van der Waals surface area contributed by atoms with Crippen LogP contribution in [-0.2, 0) is 19.0 Å². The standard InChI is InChI=1S/C15H32N2O4S/c1-4-14(2)16-5-7-19-9-11-21-12-10-20-8-6-17(3)15(18)13-22/h14,16,22H,4-13H2,1-3H3. The van der Waals surface area contributed by atoms with Crippen molar-refractivity contribution in [1.29, 1.82) is 0 Å². The fourth-order valence-corrected chi connectivity index (χ4v) is 1.75. The molecule has 22 heavy (non-hydrogen) atoms. The van der Waals surface area contributed by atoms with Gasteiger partial charge in [-0.3, -0.25) is 4.79 Å². The minimum absolute atomic E-state index is 0.00292. The Bertz CT molecular complexity index is 270. The molecule has 0 saturated carbocycles. The smallest absolute Gasteiger partial charge is 0.232 e. The molecule has 0 aromatic heterocycles. The molecule has 0 aliphatic heterocycles. The number of nitrogens with one attached hydrogen (secondary N) is 1. The number of rotatable bonds is 15. The molecule has 1 N–H and O–H groups in total. The summed E-state index contributed by atoms with van der Waals surface area (Å²) >= 11 is 3.93. The molecule has 0 bridgehead atoms. The van der Waals surface area contributed by atoms with E-state index in [1.165, 1.54) is 0 Å². The van der Waals surface area contributed by atoms with Crippen molar-refractivity contribution < 1.29 is 19.0 Å². The van der Waals surface area contributed by atoms with Crippen LogP contribution < -0.4 is 5.32 Å².